The zero-order chi connectivity index (χ0) is 18.7. The summed E-state index contributed by atoms with van der Waals surface area (Å²) < 4.78 is 0. The number of phenolic OH excluding ortho intramolecular Hbond substituents is 2. The molecule has 26 heavy (non-hydrogen) atoms. The molecule has 0 heterocycles. The lowest BCUT2D eigenvalue weighted by Crippen LogP contribution is -2.27. The number of hydrogen-bond acceptors (Lipinski definition) is 6. The lowest BCUT2D eigenvalue weighted by Gasteiger charge is -2.28. The van der Waals surface area contributed by atoms with E-state index in [0.717, 1.165) is 0 Å². The van der Waals surface area contributed by atoms with E-state index in [0.29, 0.717) is 18.4 Å². The molecule has 4 rings (SSSR count). The van der Waals surface area contributed by atoms with Gasteiger partial charge in [0.25, 0.3) is 0 Å². The molecule has 1 unspecified atom stereocenters. The molecular weight excluding hydrogens is 336 g/mol. The van der Waals surface area contributed by atoms with E-state index in [1.54, 1.807) is 0 Å². The second-order valence-corrected chi connectivity index (χ2v) is 6.74. The fourth-order valence-electron chi connectivity index (χ4n) is 3.94. The second kappa shape index (κ2) is 5.51. The van der Waals surface area contributed by atoms with Crippen molar-refractivity contribution in [3.05, 3.63) is 57.1 Å². The van der Waals surface area contributed by atoms with Crippen molar-refractivity contribution in [3.63, 3.8) is 0 Å². The Morgan fingerprint density at radius 2 is 1.65 bits per heavy atom. The summed E-state index contributed by atoms with van der Waals surface area (Å²) in [7, 11) is 0. The fourth-order valence-corrected chi connectivity index (χ4v) is 3.94. The van der Waals surface area contributed by atoms with Crippen molar-refractivity contribution in [3.8, 4) is 11.5 Å². The minimum Gasteiger partial charge on any atom is -0.507 e. The number of carbonyl (C=O) groups is 3. The highest BCUT2D eigenvalue weighted by Gasteiger charge is 2.40. The Morgan fingerprint density at radius 3 is 2.35 bits per heavy atom. The lowest BCUT2D eigenvalue weighted by atomic mass is 9.76. The molecule has 0 fully saturated rings. The van der Waals surface area contributed by atoms with Crippen LogP contribution in [0.5, 0.6) is 11.5 Å². The zero-order valence-electron chi connectivity index (χ0n) is 14.0. The highest BCUT2D eigenvalue weighted by molar-refractivity contribution is 6.32. The number of aliphatic hydroxyl groups excluding tert-OH is 1. The Hall–Kier alpha value is -2.99. The van der Waals surface area contributed by atoms with E-state index in [-0.39, 0.29) is 51.3 Å². The molecular formula is C20H16O6. The van der Waals surface area contributed by atoms with Crippen LogP contribution in [0.25, 0.3) is 0 Å². The maximum atomic E-state index is 13.1. The fraction of sp³-hybridized carbons (Fsp3) is 0.250. The summed E-state index contributed by atoms with van der Waals surface area (Å²) in [6, 6.07) is 4.40. The number of rotatable bonds is 1. The average molecular weight is 352 g/mol. The number of aliphatic hydroxyl groups is 1. The third kappa shape index (κ3) is 2.05. The van der Waals surface area contributed by atoms with E-state index in [4.69, 9.17) is 0 Å². The third-order valence-corrected chi connectivity index (χ3v) is 5.20. The Morgan fingerprint density at radius 1 is 1.00 bits per heavy atom. The first kappa shape index (κ1) is 16.5. The van der Waals surface area contributed by atoms with Crippen LogP contribution in [0, 0.1) is 0 Å². The van der Waals surface area contributed by atoms with Crippen LogP contribution in [0.15, 0.2) is 18.2 Å². The van der Waals surface area contributed by atoms with Gasteiger partial charge in [-0.25, -0.2) is 0 Å². The summed E-state index contributed by atoms with van der Waals surface area (Å²) in [6.07, 6.45) is 0.0853. The van der Waals surface area contributed by atoms with Gasteiger partial charge in [0.15, 0.2) is 17.3 Å². The van der Waals surface area contributed by atoms with Gasteiger partial charge < -0.3 is 15.3 Å². The predicted molar refractivity (Wildman–Crippen MR) is 91.1 cm³/mol. The van der Waals surface area contributed by atoms with Crippen molar-refractivity contribution in [1.29, 1.82) is 0 Å². The Labute approximate surface area is 148 Å². The van der Waals surface area contributed by atoms with Crippen molar-refractivity contribution in [2.24, 2.45) is 0 Å². The molecule has 0 radical (unpaired) electrons. The maximum Gasteiger partial charge on any atom is 0.199 e. The zero-order valence-corrected chi connectivity index (χ0v) is 14.0. The van der Waals surface area contributed by atoms with E-state index in [1.165, 1.54) is 25.1 Å². The highest BCUT2D eigenvalue weighted by Crippen LogP contribution is 2.45. The van der Waals surface area contributed by atoms with Gasteiger partial charge in [-0.15, -0.1) is 0 Å². The molecule has 0 saturated heterocycles. The third-order valence-electron chi connectivity index (χ3n) is 5.20. The molecule has 0 saturated carbocycles. The predicted octanol–water partition coefficient (Wildman–Crippen LogP) is 1.93. The molecule has 2 aromatic rings. The summed E-state index contributed by atoms with van der Waals surface area (Å²) >= 11 is 0. The standard InChI is InChI=1S/C20H16O6/c1-8(21)10-3-2-4-12-14(10)20(26)16-15(18(12)24)17(23)11-6-5-9(22)7-13(11)19(16)25/h2-4,9,22-23,25H,5-7H2,1H3. The van der Waals surface area contributed by atoms with E-state index in [9.17, 15) is 29.7 Å². The highest BCUT2D eigenvalue weighted by atomic mass is 16.3. The van der Waals surface area contributed by atoms with Crippen LogP contribution in [-0.2, 0) is 12.8 Å². The Balaban J connectivity index is 2.06. The van der Waals surface area contributed by atoms with Crippen molar-refractivity contribution < 1.29 is 29.7 Å². The molecule has 3 N–H and O–H groups in total. The molecule has 2 aromatic carbocycles. The van der Waals surface area contributed by atoms with Crippen LogP contribution in [-0.4, -0.2) is 38.8 Å². The van der Waals surface area contributed by atoms with Gasteiger partial charge in [-0.2, -0.15) is 0 Å². The second-order valence-electron chi connectivity index (χ2n) is 6.74. The minimum atomic E-state index is -0.694. The number of Topliss-reactive ketones (excluding diaryl/α,β-unsaturated/α-hetero) is 1. The summed E-state index contributed by atoms with van der Waals surface area (Å²) in [5, 5.41) is 31.2. The normalized spacial score (nSPS) is 18.2. The number of ketones is 3. The van der Waals surface area contributed by atoms with Crippen LogP contribution in [0.1, 0.15) is 66.7 Å². The number of hydrogen-bond donors (Lipinski definition) is 3. The molecule has 132 valence electrons. The summed E-state index contributed by atoms with van der Waals surface area (Å²) in [6.45, 7) is 1.30. The molecule has 0 aromatic heterocycles. The SMILES string of the molecule is CC(=O)c1cccc2c1C(=O)c1c(O)c3c(c(O)c1C2=O)CCC(O)C3. The topological polar surface area (TPSA) is 112 Å². The van der Waals surface area contributed by atoms with Crippen molar-refractivity contribution >= 4 is 17.3 Å². The summed E-state index contributed by atoms with van der Waals surface area (Å²) in [5.41, 5.74) is 0.244. The van der Waals surface area contributed by atoms with E-state index in [1.807, 2.05) is 0 Å². The Kier molecular flexibility index (Phi) is 3.49. The van der Waals surface area contributed by atoms with Gasteiger partial charge in [-0.05, 0) is 19.8 Å². The van der Waals surface area contributed by atoms with Gasteiger partial charge in [-0.1, -0.05) is 18.2 Å². The minimum absolute atomic E-state index is 0.0423. The van der Waals surface area contributed by atoms with Crippen LogP contribution in [0.3, 0.4) is 0 Å². The van der Waals surface area contributed by atoms with Gasteiger partial charge in [-0.3, -0.25) is 14.4 Å². The smallest absolute Gasteiger partial charge is 0.199 e. The van der Waals surface area contributed by atoms with Crippen LogP contribution < -0.4 is 0 Å². The summed E-state index contributed by atoms with van der Waals surface area (Å²) in [5.74, 6) is -2.36. The molecule has 0 spiro atoms. The maximum absolute atomic E-state index is 13.1. The number of benzene rings is 2. The van der Waals surface area contributed by atoms with Crippen LogP contribution in [0.2, 0.25) is 0 Å². The van der Waals surface area contributed by atoms with E-state index in [2.05, 4.69) is 0 Å². The first-order chi connectivity index (χ1) is 12.3. The van der Waals surface area contributed by atoms with E-state index >= 15 is 0 Å². The van der Waals surface area contributed by atoms with Gasteiger partial charge in [0, 0.05) is 34.2 Å². The molecule has 0 bridgehead atoms. The number of phenols is 2. The van der Waals surface area contributed by atoms with Gasteiger partial charge in [0.2, 0.25) is 0 Å². The molecule has 1 atom stereocenters. The van der Waals surface area contributed by atoms with Crippen molar-refractivity contribution in [1.82, 2.24) is 0 Å². The monoisotopic (exact) mass is 352 g/mol. The Bertz CT molecular complexity index is 1020. The van der Waals surface area contributed by atoms with Crippen LogP contribution in [0.4, 0.5) is 0 Å². The first-order valence-corrected chi connectivity index (χ1v) is 8.34. The van der Waals surface area contributed by atoms with Crippen LogP contribution >= 0.6 is 0 Å². The molecule has 6 heteroatoms. The van der Waals surface area contributed by atoms with Crippen molar-refractivity contribution in [2.75, 3.05) is 0 Å². The molecule has 2 aliphatic carbocycles. The molecule has 2 aliphatic rings. The summed E-state index contributed by atoms with van der Waals surface area (Å²) in [4.78, 5) is 37.9. The van der Waals surface area contributed by atoms with Gasteiger partial charge in [0.05, 0.1) is 17.2 Å². The number of carbonyl (C=O) groups excluding carboxylic acids is 3. The number of fused-ring (bicyclic) bond motifs is 3. The number of aromatic hydroxyl groups is 2. The lowest BCUT2D eigenvalue weighted by molar-refractivity contribution is 0.0962. The van der Waals surface area contributed by atoms with Crippen molar-refractivity contribution in [2.45, 2.75) is 32.3 Å². The van der Waals surface area contributed by atoms with Gasteiger partial charge >= 0.3 is 0 Å². The first-order valence-electron chi connectivity index (χ1n) is 8.34. The molecule has 0 amide bonds. The largest absolute Gasteiger partial charge is 0.507 e. The molecule has 6 nitrogen and oxygen atoms in total. The van der Waals surface area contributed by atoms with Gasteiger partial charge in [0.1, 0.15) is 11.5 Å². The average Bonchev–Trinajstić information content (AvgIpc) is 2.61. The van der Waals surface area contributed by atoms with E-state index < -0.39 is 23.4 Å². The quantitative estimate of drug-likeness (QED) is 0.456. The molecule has 0 aliphatic heterocycles.